The Hall–Kier alpha value is -0.0800. The van der Waals surface area contributed by atoms with Crippen molar-refractivity contribution in [2.24, 2.45) is 5.92 Å². The Morgan fingerprint density at radius 3 is 2.50 bits per heavy atom. The van der Waals surface area contributed by atoms with E-state index < -0.39 is 0 Å². The fourth-order valence-electron chi connectivity index (χ4n) is 0.689. The third-order valence-electron chi connectivity index (χ3n) is 1.60. The lowest BCUT2D eigenvalue weighted by Gasteiger charge is -2.25. The summed E-state index contributed by atoms with van der Waals surface area (Å²) in [4.78, 5) is 0. The van der Waals surface area contributed by atoms with Gasteiger partial charge in [-0.1, -0.05) is 6.92 Å². The van der Waals surface area contributed by atoms with Crippen molar-refractivity contribution in [2.45, 2.75) is 20.0 Å². The van der Waals surface area contributed by atoms with Crippen LogP contribution >= 0.6 is 0 Å². The topological polar surface area (TPSA) is 18.5 Å². The predicted octanol–water partition coefficient (Wildman–Crippen LogP) is 1.02. The molecular formula is C6H12O2. The molecule has 1 aliphatic heterocycles. The van der Waals surface area contributed by atoms with Gasteiger partial charge in [-0.3, -0.25) is 0 Å². The summed E-state index contributed by atoms with van der Waals surface area (Å²) in [7, 11) is 0. The van der Waals surface area contributed by atoms with Crippen molar-refractivity contribution in [1.82, 2.24) is 0 Å². The predicted molar refractivity (Wildman–Crippen MR) is 30.5 cm³/mol. The molecule has 0 unspecified atom stereocenters. The highest BCUT2D eigenvalue weighted by molar-refractivity contribution is 4.61. The maximum atomic E-state index is 5.17. The molecule has 48 valence electrons. The Labute approximate surface area is 49.8 Å². The van der Waals surface area contributed by atoms with Crippen molar-refractivity contribution in [3.63, 3.8) is 0 Å². The molecule has 0 aromatic rings. The maximum absolute atomic E-state index is 5.17. The molecule has 1 saturated heterocycles. The number of rotatable bonds is 0. The summed E-state index contributed by atoms with van der Waals surface area (Å²) in [6.45, 7) is 5.53. The van der Waals surface area contributed by atoms with Gasteiger partial charge in [0.1, 0.15) is 6.79 Å². The SMILES string of the molecule is C[C@@H]1OCOC[C@@H]1C. The number of hydrogen-bond donors (Lipinski definition) is 0. The van der Waals surface area contributed by atoms with Crippen LogP contribution in [0.2, 0.25) is 0 Å². The molecule has 1 heterocycles. The summed E-state index contributed by atoms with van der Waals surface area (Å²) >= 11 is 0. The fourth-order valence-corrected chi connectivity index (χ4v) is 0.689. The van der Waals surface area contributed by atoms with Gasteiger partial charge in [-0.05, 0) is 6.92 Å². The summed E-state index contributed by atoms with van der Waals surface area (Å²) < 4.78 is 10.2. The third-order valence-corrected chi connectivity index (χ3v) is 1.60. The van der Waals surface area contributed by atoms with Gasteiger partial charge in [0.25, 0.3) is 0 Å². The molecule has 0 N–H and O–H groups in total. The first-order valence-electron chi connectivity index (χ1n) is 3.00. The highest BCUT2D eigenvalue weighted by atomic mass is 16.7. The van der Waals surface area contributed by atoms with Crippen molar-refractivity contribution in [3.8, 4) is 0 Å². The van der Waals surface area contributed by atoms with E-state index in [0.29, 0.717) is 18.8 Å². The lowest BCUT2D eigenvalue weighted by molar-refractivity contribution is -0.159. The molecule has 0 aromatic heterocycles. The molecule has 2 atom stereocenters. The first kappa shape index (κ1) is 6.05. The quantitative estimate of drug-likeness (QED) is 0.470. The lowest BCUT2D eigenvalue weighted by atomic mass is 10.1. The molecule has 0 aromatic carbocycles. The zero-order valence-electron chi connectivity index (χ0n) is 5.39. The van der Waals surface area contributed by atoms with Gasteiger partial charge in [-0.15, -0.1) is 0 Å². The van der Waals surface area contributed by atoms with Crippen LogP contribution < -0.4 is 0 Å². The fraction of sp³-hybridized carbons (Fsp3) is 1.00. The molecule has 1 fully saturated rings. The van der Waals surface area contributed by atoms with Crippen molar-refractivity contribution >= 4 is 0 Å². The van der Waals surface area contributed by atoms with Gasteiger partial charge in [0.05, 0.1) is 12.7 Å². The van der Waals surface area contributed by atoms with E-state index in [9.17, 15) is 0 Å². The normalized spacial score (nSPS) is 39.8. The average Bonchev–Trinajstić information content (AvgIpc) is 1.77. The van der Waals surface area contributed by atoms with Gasteiger partial charge in [0, 0.05) is 5.92 Å². The molecule has 0 amide bonds. The van der Waals surface area contributed by atoms with E-state index in [1.807, 2.05) is 0 Å². The molecule has 0 radical (unpaired) electrons. The van der Waals surface area contributed by atoms with Gasteiger partial charge >= 0.3 is 0 Å². The van der Waals surface area contributed by atoms with E-state index in [2.05, 4.69) is 13.8 Å². The van der Waals surface area contributed by atoms with Gasteiger partial charge < -0.3 is 9.47 Å². The van der Waals surface area contributed by atoms with Crippen LogP contribution in [-0.2, 0) is 9.47 Å². The van der Waals surface area contributed by atoms with Crippen molar-refractivity contribution in [3.05, 3.63) is 0 Å². The molecule has 2 nitrogen and oxygen atoms in total. The second-order valence-electron chi connectivity index (χ2n) is 2.34. The highest BCUT2D eigenvalue weighted by Crippen LogP contribution is 2.11. The lowest BCUT2D eigenvalue weighted by Crippen LogP contribution is -2.29. The Bertz CT molecular complexity index is 62.9. The zero-order valence-corrected chi connectivity index (χ0v) is 5.39. The van der Waals surface area contributed by atoms with Crippen LogP contribution in [0.5, 0.6) is 0 Å². The van der Waals surface area contributed by atoms with E-state index in [-0.39, 0.29) is 0 Å². The monoisotopic (exact) mass is 116 g/mol. The minimum Gasteiger partial charge on any atom is -0.355 e. The number of hydrogen-bond acceptors (Lipinski definition) is 2. The van der Waals surface area contributed by atoms with Gasteiger partial charge in [0.15, 0.2) is 0 Å². The first-order valence-corrected chi connectivity index (χ1v) is 3.00. The summed E-state index contributed by atoms with van der Waals surface area (Å²) in [6, 6.07) is 0. The van der Waals surface area contributed by atoms with Crippen molar-refractivity contribution < 1.29 is 9.47 Å². The van der Waals surface area contributed by atoms with Crippen LogP contribution in [0.15, 0.2) is 0 Å². The average molecular weight is 116 g/mol. The van der Waals surface area contributed by atoms with E-state index in [4.69, 9.17) is 9.47 Å². The molecule has 8 heavy (non-hydrogen) atoms. The standard InChI is InChI=1S/C6H12O2/c1-5-3-7-4-8-6(5)2/h5-6H,3-4H2,1-2H3/t5-,6-/m0/s1. The maximum Gasteiger partial charge on any atom is 0.147 e. The zero-order chi connectivity index (χ0) is 5.98. The highest BCUT2D eigenvalue weighted by Gasteiger charge is 2.16. The van der Waals surface area contributed by atoms with E-state index in [1.165, 1.54) is 0 Å². The van der Waals surface area contributed by atoms with Gasteiger partial charge in [-0.25, -0.2) is 0 Å². The van der Waals surface area contributed by atoms with Gasteiger partial charge in [0.2, 0.25) is 0 Å². The first-order chi connectivity index (χ1) is 3.80. The van der Waals surface area contributed by atoms with Crippen molar-refractivity contribution in [1.29, 1.82) is 0 Å². The van der Waals surface area contributed by atoms with E-state index >= 15 is 0 Å². The molecule has 1 aliphatic rings. The Kier molecular flexibility index (Phi) is 1.86. The van der Waals surface area contributed by atoms with Crippen LogP contribution in [0.25, 0.3) is 0 Å². The van der Waals surface area contributed by atoms with Crippen LogP contribution in [0.1, 0.15) is 13.8 Å². The minimum absolute atomic E-state index is 0.378. The molecule has 2 heteroatoms. The van der Waals surface area contributed by atoms with E-state index in [0.717, 1.165) is 6.61 Å². The van der Waals surface area contributed by atoms with E-state index in [1.54, 1.807) is 0 Å². The van der Waals surface area contributed by atoms with Crippen LogP contribution in [0.3, 0.4) is 0 Å². The Balaban J connectivity index is 2.28. The summed E-state index contributed by atoms with van der Waals surface area (Å²) in [5, 5.41) is 0. The van der Waals surface area contributed by atoms with Crippen molar-refractivity contribution in [2.75, 3.05) is 13.4 Å². The molecule has 0 spiro atoms. The van der Waals surface area contributed by atoms with Crippen LogP contribution in [0.4, 0.5) is 0 Å². The largest absolute Gasteiger partial charge is 0.355 e. The Morgan fingerprint density at radius 1 is 1.38 bits per heavy atom. The molecule has 1 rings (SSSR count). The van der Waals surface area contributed by atoms with Gasteiger partial charge in [-0.2, -0.15) is 0 Å². The summed E-state index contributed by atoms with van der Waals surface area (Å²) in [5.41, 5.74) is 0. The second kappa shape index (κ2) is 2.46. The summed E-state index contributed by atoms with van der Waals surface area (Å²) in [5.74, 6) is 0.559. The smallest absolute Gasteiger partial charge is 0.147 e. The van der Waals surface area contributed by atoms with Crippen LogP contribution in [0, 0.1) is 5.92 Å². The minimum atomic E-state index is 0.378. The van der Waals surface area contributed by atoms with Crippen LogP contribution in [-0.4, -0.2) is 19.5 Å². The Morgan fingerprint density at radius 2 is 2.12 bits per heavy atom. The molecule has 0 saturated carbocycles. The third kappa shape index (κ3) is 1.20. The molecular weight excluding hydrogens is 104 g/mol. The molecule has 0 bridgehead atoms. The summed E-state index contributed by atoms with van der Waals surface area (Å²) in [6.07, 6.45) is 0.378. The molecule has 0 aliphatic carbocycles. The second-order valence-corrected chi connectivity index (χ2v) is 2.34. The number of ether oxygens (including phenoxy) is 2.